The predicted octanol–water partition coefficient (Wildman–Crippen LogP) is 1.89. The van der Waals surface area contributed by atoms with Crippen molar-refractivity contribution in [2.45, 2.75) is 6.92 Å². The lowest BCUT2D eigenvalue weighted by atomic mass is 10.2. The van der Waals surface area contributed by atoms with Crippen LogP contribution in [0.15, 0.2) is 29.2 Å². The molecule has 0 bridgehead atoms. The molecule has 2 rings (SSSR count). The van der Waals surface area contributed by atoms with Crippen LogP contribution in [0.25, 0.3) is 0 Å². The standard InChI is InChI=1S/C11H11FN4O2/c1-2-13-10-9(3-7(12)4-14-10)11(17)16-8-5-15-18-6-8/h3-6H,2H2,1H3,(H,13,14)(H,16,17). The Balaban J connectivity index is 2.25. The van der Waals surface area contributed by atoms with Crippen LogP contribution < -0.4 is 10.6 Å². The molecular weight excluding hydrogens is 239 g/mol. The quantitative estimate of drug-likeness (QED) is 0.866. The lowest BCUT2D eigenvalue weighted by molar-refractivity contribution is 0.102. The van der Waals surface area contributed by atoms with Crippen molar-refractivity contribution in [1.82, 2.24) is 10.1 Å². The number of anilines is 2. The van der Waals surface area contributed by atoms with E-state index in [-0.39, 0.29) is 5.56 Å². The van der Waals surface area contributed by atoms with Crippen molar-refractivity contribution >= 4 is 17.4 Å². The molecule has 94 valence electrons. The Morgan fingerprint density at radius 3 is 3.00 bits per heavy atom. The van der Waals surface area contributed by atoms with Crippen molar-refractivity contribution in [2.75, 3.05) is 17.2 Å². The molecule has 0 spiro atoms. The summed E-state index contributed by atoms with van der Waals surface area (Å²) < 4.78 is 17.7. The maximum atomic E-state index is 13.1. The average molecular weight is 250 g/mol. The summed E-state index contributed by atoms with van der Waals surface area (Å²) in [7, 11) is 0. The molecule has 0 unspecified atom stereocenters. The highest BCUT2D eigenvalue weighted by atomic mass is 19.1. The minimum atomic E-state index is -0.577. The lowest BCUT2D eigenvalue weighted by Crippen LogP contribution is -2.15. The minimum absolute atomic E-state index is 0.123. The van der Waals surface area contributed by atoms with Gasteiger partial charge in [0, 0.05) is 6.54 Å². The van der Waals surface area contributed by atoms with Crippen molar-refractivity contribution < 1.29 is 13.7 Å². The van der Waals surface area contributed by atoms with Crippen LogP contribution in [-0.2, 0) is 0 Å². The molecule has 0 fully saturated rings. The maximum Gasteiger partial charge on any atom is 0.259 e. The molecule has 2 aromatic rings. The molecule has 0 aromatic carbocycles. The molecule has 7 heteroatoms. The monoisotopic (exact) mass is 250 g/mol. The van der Waals surface area contributed by atoms with E-state index in [1.54, 1.807) is 0 Å². The van der Waals surface area contributed by atoms with Crippen molar-refractivity contribution in [3.63, 3.8) is 0 Å². The number of nitrogens with zero attached hydrogens (tertiary/aromatic N) is 2. The first kappa shape index (κ1) is 12.0. The number of hydrogen-bond acceptors (Lipinski definition) is 5. The molecule has 2 aromatic heterocycles. The van der Waals surface area contributed by atoms with Crippen molar-refractivity contribution in [3.05, 3.63) is 36.1 Å². The second kappa shape index (κ2) is 5.26. The van der Waals surface area contributed by atoms with Gasteiger partial charge in [-0.3, -0.25) is 4.79 Å². The molecule has 0 aliphatic heterocycles. The molecular formula is C11H11FN4O2. The van der Waals surface area contributed by atoms with E-state index in [1.165, 1.54) is 12.5 Å². The van der Waals surface area contributed by atoms with Gasteiger partial charge in [-0.2, -0.15) is 0 Å². The molecule has 6 nitrogen and oxygen atoms in total. The lowest BCUT2D eigenvalue weighted by Gasteiger charge is -2.08. The van der Waals surface area contributed by atoms with Gasteiger partial charge >= 0.3 is 0 Å². The minimum Gasteiger partial charge on any atom is -0.370 e. The zero-order chi connectivity index (χ0) is 13.0. The van der Waals surface area contributed by atoms with Gasteiger partial charge in [-0.25, -0.2) is 9.37 Å². The fraction of sp³-hybridized carbons (Fsp3) is 0.182. The van der Waals surface area contributed by atoms with Gasteiger partial charge in [-0.1, -0.05) is 5.16 Å². The van der Waals surface area contributed by atoms with E-state index in [9.17, 15) is 9.18 Å². The third-order valence-electron chi connectivity index (χ3n) is 2.13. The van der Waals surface area contributed by atoms with Crippen LogP contribution >= 0.6 is 0 Å². The van der Waals surface area contributed by atoms with Crippen LogP contribution in [0.5, 0.6) is 0 Å². The molecule has 2 heterocycles. The summed E-state index contributed by atoms with van der Waals surface area (Å²) in [6.07, 6.45) is 3.67. The van der Waals surface area contributed by atoms with Gasteiger partial charge in [0.15, 0.2) is 0 Å². The number of hydrogen-bond donors (Lipinski definition) is 2. The first-order valence-corrected chi connectivity index (χ1v) is 5.31. The number of amides is 1. The van der Waals surface area contributed by atoms with Crippen LogP contribution in [0, 0.1) is 5.82 Å². The highest BCUT2D eigenvalue weighted by molar-refractivity contribution is 6.07. The van der Waals surface area contributed by atoms with Crippen molar-refractivity contribution in [2.24, 2.45) is 0 Å². The SMILES string of the molecule is CCNc1ncc(F)cc1C(=O)Nc1cnoc1. The van der Waals surface area contributed by atoms with Gasteiger partial charge in [0.1, 0.15) is 23.6 Å². The summed E-state index contributed by atoms with van der Waals surface area (Å²) in [6.45, 7) is 2.43. The number of aromatic nitrogens is 2. The number of nitrogens with one attached hydrogen (secondary N) is 2. The first-order valence-electron chi connectivity index (χ1n) is 5.31. The number of carbonyl (C=O) groups excluding carboxylic acids is 1. The van der Waals surface area contributed by atoms with E-state index >= 15 is 0 Å². The summed E-state index contributed by atoms with van der Waals surface area (Å²) in [5, 5.41) is 8.86. The van der Waals surface area contributed by atoms with Gasteiger partial charge in [-0.05, 0) is 13.0 Å². The Kier molecular flexibility index (Phi) is 3.52. The Hall–Kier alpha value is -2.44. The molecule has 0 aliphatic carbocycles. The molecule has 0 saturated heterocycles. The van der Waals surface area contributed by atoms with Crippen molar-refractivity contribution in [3.8, 4) is 0 Å². The number of pyridine rings is 1. The fourth-order valence-corrected chi connectivity index (χ4v) is 1.39. The second-order valence-electron chi connectivity index (χ2n) is 3.45. The Morgan fingerprint density at radius 2 is 2.33 bits per heavy atom. The largest absolute Gasteiger partial charge is 0.370 e. The average Bonchev–Trinajstić information content (AvgIpc) is 2.84. The van der Waals surface area contributed by atoms with Gasteiger partial charge in [-0.15, -0.1) is 0 Å². The van der Waals surface area contributed by atoms with Gasteiger partial charge in [0.2, 0.25) is 0 Å². The van der Waals surface area contributed by atoms with Crippen LogP contribution in [0.4, 0.5) is 15.9 Å². The topological polar surface area (TPSA) is 80.0 Å². The molecule has 1 amide bonds. The first-order chi connectivity index (χ1) is 8.70. The van der Waals surface area contributed by atoms with E-state index in [0.29, 0.717) is 18.1 Å². The van der Waals surface area contributed by atoms with Crippen LogP contribution in [0.2, 0.25) is 0 Å². The highest BCUT2D eigenvalue weighted by Crippen LogP contribution is 2.16. The van der Waals surface area contributed by atoms with Crippen LogP contribution in [0.3, 0.4) is 0 Å². The van der Waals surface area contributed by atoms with E-state index < -0.39 is 11.7 Å². The Bertz CT molecular complexity index is 542. The Labute approximate surface area is 102 Å². The summed E-state index contributed by atoms with van der Waals surface area (Å²) in [4.78, 5) is 15.8. The predicted molar refractivity (Wildman–Crippen MR) is 62.8 cm³/mol. The van der Waals surface area contributed by atoms with E-state index in [1.807, 2.05) is 6.92 Å². The summed E-state index contributed by atoms with van der Waals surface area (Å²) in [5.74, 6) is -0.735. The van der Waals surface area contributed by atoms with E-state index in [0.717, 1.165) is 12.3 Å². The highest BCUT2D eigenvalue weighted by Gasteiger charge is 2.14. The second-order valence-corrected chi connectivity index (χ2v) is 3.45. The Morgan fingerprint density at radius 1 is 1.50 bits per heavy atom. The summed E-state index contributed by atoms with van der Waals surface area (Å²) in [5.41, 5.74) is 0.518. The zero-order valence-corrected chi connectivity index (χ0v) is 9.61. The van der Waals surface area contributed by atoms with E-state index in [2.05, 4.69) is 25.3 Å². The molecule has 0 atom stereocenters. The van der Waals surface area contributed by atoms with Gasteiger partial charge in [0.25, 0.3) is 5.91 Å². The number of rotatable bonds is 4. The molecule has 18 heavy (non-hydrogen) atoms. The van der Waals surface area contributed by atoms with Gasteiger partial charge in [0.05, 0.1) is 18.0 Å². The molecule has 0 aliphatic rings. The fourth-order valence-electron chi connectivity index (χ4n) is 1.39. The normalized spacial score (nSPS) is 10.1. The third-order valence-corrected chi connectivity index (χ3v) is 2.13. The van der Waals surface area contributed by atoms with E-state index in [4.69, 9.17) is 0 Å². The number of halogens is 1. The maximum absolute atomic E-state index is 13.1. The molecule has 0 radical (unpaired) electrons. The van der Waals surface area contributed by atoms with Crippen LogP contribution in [0.1, 0.15) is 17.3 Å². The van der Waals surface area contributed by atoms with Crippen molar-refractivity contribution in [1.29, 1.82) is 0 Å². The van der Waals surface area contributed by atoms with Gasteiger partial charge < -0.3 is 15.2 Å². The summed E-state index contributed by atoms with van der Waals surface area (Å²) in [6, 6.07) is 1.12. The third kappa shape index (κ3) is 2.62. The zero-order valence-electron chi connectivity index (χ0n) is 9.61. The molecule has 0 saturated carbocycles. The van der Waals surface area contributed by atoms with Crippen LogP contribution in [-0.4, -0.2) is 22.6 Å². The molecule has 2 N–H and O–H groups in total. The smallest absolute Gasteiger partial charge is 0.259 e. The number of carbonyl (C=O) groups is 1. The summed E-state index contributed by atoms with van der Waals surface area (Å²) >= 11 is 0.